The summed E-state index contributed by atoms with van der Waals surface area (Å²) in [6.07, 6.45) is 12.3. The fourth-order valence-electron chi connectivity index (χ4n) is 11.7. The monoisotopic (exact) mass is 900 g/mol. The Balaban J connectivity index is 0.920. The van der Waals surface area contributed by atoms with E-state index in [0.29, 0.717) is 17.5 Å². The summed E-state index contributed by atoms with van der Waals surface area (Å²) in [5.74, 6) is 1.86. The van der Waals surface area contributed by atoms with Gasteiger partial charge in [-0.15, -0.1) is 11.3 Å². The molecular weight excluding hydrogens is 861 g/mol. The molecule has 0 spiro atoms. The minimum atomic E-state index is 0.135. The van der Waals surface area contributed by atoms with Crippen LogP contribution in [0.25, 0.3) is 133 Å². The minimum absolute atomic E-state index is 0.135. The zero-order chi connectivity index (χ0) is 45.2. The van der Waals surface area contributed by atoms with Crippen LogP contribution in [0.4, 0.5) is 0 Å². The van der Waals surface area contributed by atoms with Crippen LogP contribution in [0.15, 0.2) is 192 Å². The van der Waals surface area contributed by atoms with Gasteiger partial charge >= 0.3 is 0 Å². The molecule has 0 bridgehead atoms. The van der Waals surface area contributed by atoms with E-state index in [-0.39, 0.29) is 6.04 Å². The van der Waals surface area contributed by atoms with Gasteiger partial charge in [-0.25, -0.2) is 15.0 Å². The maximum absolute atomic E-state index is 6.69. The largest absolute Gasteiger partial charge is 0.456 e. The lowest BCUT2D eigenvalue weighted by Crippen LogP contribution is -2.12. The summed E-state index contributed by atoms with van der Waals surface area (Å²) in [5.41, 5.74) is 13.4. The summed E-state index contributed by atoms with van der Waals surface area (Å²) in [7, 11) is 0. The Hall–Kier alpha value is -8.45. The molecule has 1 unspecified atom stereocenters. The maximum Gasteiger partial charge on any atom is 0.164 e. The van der Waals surface area contributed by atoms with Gasteiger partial charge < -0.3 is 8.98 Å². The molecule has 69 heavy (non-hydrogen) atoms. The van der Waals surface area contributed by atoms with Gasteiger partial charge in [-0.3, -0.25) is 0 Å². The summed E-state index contributed by atoms with van der Waals surface area (Å²) in [6, 6.07) is 63.4. The summed E-state index contributed by atoms with van der Waals surface area (Å²) in [5, 5.41) is 10.9. The highest BCUT2D eigenvalue weighted by Crippen LogP contribution is 2.49. The van der Waals surface area contributed by atoms with E-state index in [0.717, 1.165) is 63.5 Å². The lowest BCUT2D eigenvalue weighted by Gasteiger charge is -2.24. The maximum atomic E-state index is 6.69. The molecule has 0 radical (unpaired) electrons. The van der Waals surface area contributed by atoms with Gasteiger partial charge in [0, 0.05) is 69.8 Å². The zero-order valence-electron chi connectivity index (χ0n) is 37.4. The number of aryl methyl sites for hydroxylation is 1. The molecule has 5 nitrogen and oxygen atoms in total. The first kappa shape index (κ1) is 38.6. The van der Waals surface area contributed by atoms with Crippen LogP contribution in [0.3, 0.4) is 0 Å². The highest BCUT2D eigenvalue weighted by molar-refractivity contribution is 7.20. The van der Waals surface area contributed by atoms with Crippen molar-refractivity contribution in [1.82, 2.24) is 19.5 Å². The summed E-state index contributed by atoms with van der Waals surface area (Å²) in [4.78, 5) is 17.2. The molecule has 0 fully saturated rings. The number of rotatable bonds is 5. The van der Waals surface area contributed by atoms with Gasteiger partial charge in [0.15, 0.2) is 17.5 Å². The Morgan fingerprint density at radius 1 is 0.478 bits per heavy atom. The van der Waals surface area contributed by atoms with Crippen LogP contribution < -0.4 is 0 Å². The molecule has 13 aromatic rings. The Kier molecular flexibility index (Phi) is 8.41. The molecule has 4 heterocycles. The van der Waals surface area contributed by atoms with Gasteiger partial charge in [0.05, 0.1) is 6.04 Å². The van der Waals surface area contributed by atoms with E-state index in [9.17, 15) is 0 Å². The second-order valence-electron chi connectivity index (χ2n) is 18.4. The first-order valence-electron chi connectivity index (χ1n) is 23.8. The number of para-hydroxylation sites is 2. The van der Waals surface area contributed by atoms with Crippen molar-refractivity contribution in [2.45, 2.75) is 25.3 Å². The summed E-state index contributed by atoms with van der Waals surface area (Å²) in [6.45, 7) is 0. The van der Waals surface area contributed by atoms with E-state index in [4.69, 9.17) is 19.4 Å². The molecule has 2 aliphatic carbocycles. The third kappa shape index (κ3) is 5.85. The quantitative estimate of drug-likeness (QED) is 0.162. The highest BCUT2D eigenvalue weighted by Gasteiger charge is 2.29. The van der Waals surface area contributed by atoms with Crippen LogP contribution in [0.5, 0.6) is 0 Å². The third-order valence-corrected chi connectivity index (χ3v) is 15.8. The van der Waals surface area contributed by atoms with Gasteiger partial charge in [-0.05, 0) is 112 Å². The van der Waals surface area contributed by atoms with Crippen LogP contribution in [0.2, 0.25) is 0 Å². The SMILES string of the molecule is C1=Cc2c(c3ccc(-c4nc(-c5ccccc5)nc(-c5cccc6oc7ccc(-c8cccc9sc%10c(c89)C(n8c9ccccc9c9ccccc98)CC=C%10)cc7c56)n4)cc3c3ccccc23)CC1. The summed E-state index contributed by atoms with van der Waals surface area (Å²) < 4.78 is 10.6. The van der Waals surface area contributed by atoms with Crippen molar-refractivity contribution < 1.29 is 4.42 Å². The van der Waals surface area contributed by atoms with E-state index >= 15 is 0 Å². The van der Waals surface area contributed by atoms with Crippen LogP contribution in [0, 0.1) is 0 Å². The molecule has 0 amide bonds. The Bertz CT molecular complexity index is 4310. The normalized spacial score (nSPS) is 14.5. The van der Waals surface area contributed by atoms with E-state index in [1.165, 1.54) is 80.6 Å². The molecule has 4 aromatic heterocycles. The molecule has 1 atom stereocenters. The number of nitrogens with zero attached hydrogens (tertiary/aromatic N) is 4. The van der Waals surface area contributed by atoms with Crippen LogP contribution in [-0.4, -0.2) is 19.5 Å². The summed E-state index contributed by atoms with van der Waals surface area (Å²) >= 11 is 1.89. The number of thiophene rings is 1. The van der Waals surface area contributed by atoms with Crippen molar-refractivity contribution in [1.29, 1.82) is 0 Å². The number of hydrogen-bond donors (Lipinski definition) is 0. The number of aromatic nitrogens is 4. The fourth-order valence-corrected chi connectivity index (χ4v) is 12.9. The first-order valence-corrected chi connectivity index (χ1v) is 24.6. The van der Waals surface area contributed by atoms with Gasteiger partial charge in [0.25, 0.3) is 0 Å². The molecule has 324 valence electrons. The van der Waals surface area contributed by atoms with Crippen molar-refractivity contribution in [3.05, 3.63) is 210 Å². The van der Waals surface area contributed by atoms with Gasteiger partial charge in [-0.2, -0.15) is 0 Å². The molecule has 2 aliphatic rings. The van der Waals surface area contributed by atoms with Crippen LogP contribution >= 0.6 is 11.3 Å². The Morgan fingerprint density at radius 2 is 1.17 bits per heavy atom. The molecule has 9 aromatic carbocycles. The highest BCUT2D eigenvalue weighted by atomic mass is 32.1. The predicted octanol–water partition coefficient (Wildman–Crippen LogP) is 17.0. The molecule has 0 aliphatic heterocycles. The fraction of sp³-hybridized carbons (Fsp3) is 0.0635. The van der Waals surface area contributed by atoms with Crippen molar-refractivity contribution in [3.8, 4) is 45.3 Å². The second-order valence-corrected chi connectivity index (χ2v) is 19.5. The smallest absolute Gasteiger partial charge is 0.164 e. The third-order valence-electron chi connectivity index (χ3n) is 14.7. The first-order chi connectivity index (χ1) is 34.2. The van der Waals surface area contributed by atoms with Crippen molar-refractivity contribution in [3.63, 3.8) is 0 Å². The minimum Gasteiger partial charge on any atom is -0.456 e. The zero-order valence-corrected chi connectivity index (χ0v) is 38.2. The topological polar surface area (TPSA) is 56.7 Å². The van der Waals surface area contributed by atoms with Gasteiger partial charge in [-0.1, -0.05) is 152 Å². The number of fused-ring (bicyclic) bond motifs is 15. The molecule has 0 N–H and O–H groups in total. The average Bonchev–Trinajstić information content (AvgIpc) is 4.11. The van der Waals surface area contributed by atoms with Gasteiger partial charge in [0.2, 0.25) is 0 Å². The van der Waals surface area contributed by atoms with Crippen molar-refractivity contribution in [2.24, 2.45) is 0 Å². The predicted molar refractivity (Wildman–Crippen MR) is 288 cm³/mol. The van der Waals surface area contributed by atoms with E-state index < -0.39 is 0 Å². The molecular formula is C63H40N4OS. The second kappa shape index (κ2) is 15.0. The number of furan rings is 1. The molecule has 6 heteroatoms. The molecule has 15 rings (SSSR count). The Morgan fingerprint density at radius 3 is 2.01 bits per heavy atom. The Labute approximate surface area is 401 Å². The van der Waals surface area contributed by atoms with Crippen molar-refractivity contribution >= 4 is 98.9 Å². The van der Waals surface area contributed by atoms with E-state index in [1.807, 2.05) is 35.6 Å². The van der Waals surface area contributed by atoms with Gasteiger partial charge in [0.1, 0.15) is 11.2 Å². The molecule has 0 saturated heterocycles. The van der Waals surface area contributed by atoms with Crippen LogP contribution in [-0.2, 0) is 6.42 Å². The van der Waals surface area contributed by atoms with E-state index in [1.54, 1.807) is 0 Å². The lowest BCUT2D eigenvalue weighted by atomic mass is 9.86. The number of benzene rings is 9. The molecule has 0 saturated carbocycles. The average molecular weight is 901 g/mol. The standard InChI is InChI=1S/C63H40N4OS/c1-2-15-37(16-3-1)61-64-62(39-31-33-45-43-19-5-4-17-41(43)42-18-6-7-20-44(42)49(45)36-39)66-63(65-61)48-24-12-28-55-58(48)50-35-38(32-34-54(50)68-55)40-23-13-29-56-59(40)60-53(27-14-30-57(60)69-56)67-51-25-10-8-21-46(51)47-22-9-11-26-52(47)67/h1-4,6-18,20-26,28-36,53H,5,19,27H2. The van der Waals surface area contributed by atoms with E-state index in [2.05, 4.69) is 181 Å². The van der Waals surface area contributed by atoms with Crippen LogP contribution in [0.1, 0.15) is 40.5 Å². The lowest BCUT2D eigenvalue weighted by molar-refractivity contribution is 0.632. The number of hydrogen-bond acceptors (Lipinski definition) is 5. The number of allylic oxidation sites excluding steroid dienone is 2. The van der Waals surface area contributed by atoms with Crippen molar-refractivity contribution in [2.75, 3.05) is 0 Å².